The highest BCUT2D eigenvalue weighted by atomic mass is 16.5. The van der Waals surface area contributed by atoms with Crippen LogP contribution in [0.5, 0.6) is 5.75 Å². The van der Waals surface area contributed by atoms with E-state index in [9.17, 15) is 4.79 Å². The molecule has 1 amide bonds. The molecule has 0 radical (unpaired) electrons. The summed E-state index contributed by atoms with van der Waals surface area (Å²) in [6.07, 6.45) is 2.74. The van der Waals surface area contributed by atoms with Crippen LogP contribution in [0.15, 0.2) is 42.5 Å². The number of nitrogens with zero attached hydrogens (tertiary/aromatic N) is 1. The van der Waals surface area contributed by atoms with E-state index in [4.69, 9.17) is 10.00 Å². The lowest BCUT2D eigenvalue weighted by atomic mass is 10.1. The van der Waals surface area contributed by atoms with Crippen LogP contribution in [0.3, 0.4) is 0 Å². The molecule has 0 aromatic heterocycles. The molecule has 1 N–H and O–H groups in total. The van der Waals surface area contributed by atoms with Gasteiger partial charge in [0.05, 0.1) is 11.3 Å². The zero-order valence-electron chi connectivity index (χ0n) is 13.0. The largest absolute Gasteiger partial charge is 0.481 e. The quantitative estimate of drug-likeness (QED) is 0.941. The van der Waals surface area contributed by atoms with E-state index in [1.165, 1.54) is 17.5 Å². The van der Waals surface area contributed by atoms with Gasteiger partial charge in [-0.15, -0.1) is 0 Å². The highest BCUT2D eigenvalue weighted by Gasteiger charge is 2.18. The molecule has 4 nitrogen and oxygen atoms in total. The Labute approximate surface area is 135 Å². The fourth-order valence-electron chi connectivity index (χ4n) is 2.80. The minimum atomic E-state index is -0.638. The number of hydrogen-bond acceptors (Lipinski definition) is 3. The van der Waals surface area contributed by atoms with E-state index in [1.54, 1.807) is 31.2 Å². The molecule has 1 aliphatic rings. The standard InChI is InChI=1S/C19H18N2O2/c1-13(19(22)21-18-8-3-2-5-16(18)12-20)23-17-10-9-14-6-4-7-15(14)11-17/h2-3,5,8-11,13H,4,6-7H2,1H3,(H,21,22)/t13-/m1/s1. The lowest BCUT2D eigenvalue weighted by Gasteiger charge is -2.16. The van der Waals surface area contributed by atoms with Gasteiger partial charge < -0.3 is 10.1 Å². The maximum Gasteiger partial charge on any atom is 0.265 e. The van der Waals surface area contributed by atoms with Crippen molar-refractivity contribution < 1.29 is 9.53 Å². The molecule has 3 rings (SSSR count). The van der Waals surface area contributed by atoms with Crippen molar-refractivity contribution in [2.24, 2.45) is 0 Å². The summed E-state index contributed by atoms with van der Waals surface area (Å²) in [4.78, 5) is 12.3. The number of benzene rings is 2. The summed E-state index contributed by atoms with van der Waals surface area (Å²) in [5.74, 6) is 0.440. The van der Waals surface area contributed by atoms with Gasteiger partial charge in [0.15, 0.2) is 6.10 Å². The third kappa shape index (κ3) is 3.35. The van der Waals surface area contributed by atoms with Crippen LogP contribution < -0.4 is 10.1 Å². The number of para-hydroxylation sites is 1. The Balaban J connectivity index is 1.67. The Morgan fingerprint density at radius 1 is 1.22 bits per heavy atom. The van der Waals surface area contributed by atoms with Crippen LogP contribution in [0.1, 0.15) is 30.0 Å². The third-order valence-electron chi connectivity index (χ3n) is 4.06. The van der Waals surface area contributed by atoms with Crippen LogP contribution in [0.25, 0.3) is 0 Å². The fourth-order valence-corrected chi connectivity index (χ4v) is 2.80. The van der Waals surface area contributed by atoms with E-state index in [2.05, 4.69) is 17.5 Å². The van der Waals surface area contributed by atoms with E-state index >= 15 is 0 Å². The van der Waals surface area contributed by atoms with Crippen LogP contribution in [-0.4, -0.2) is 12.0 Å². The molecule has 23 heavy (non-hydrogen) atoms. The van der Waals surface area contributed by atoms with Gasteiger partial charge in [0.2, 0.25) is 0 Å². The number of carbonyl (C=O) groups excluding carboxylic acids is 1. The van der Waals surface area contributed by atoms with Crippen molar-refractivity contribution in [3.8, 4) is 11.8 Å². The minimum absolute atomic E-state index is 0.270. The molecule has 0 spiro atoms. The van der Waals surface area contributed by atoms with Crippen molar-refractivity contribution in [2.45, 2.75) is 32.3 Å². The maximum atomic E-state index is 12.3. The normalized spacial score (nSPS) is 13.7. The first-order chi connectivity index (χ1) is 11.2. The summed E-state index contributed by atoms with van der Waals surface area (Å²) >= 11 is 0. The minimum Gasteiger partial charge on any atom is -0.481 e. The monoisotopic (exact) mass is 306 g/mol. The SMILES string of the molecule is C[C@@H](Oc1ccc2c(c1)CCC2)C(=O)Nc1ccccc1C#N. The van der Waals surface area contributed by atoms with Crippen molar-refractivity contribution in [3.05, 3.63) is 59.2 Å². The van der Waals surface area contributed by atoms with Crippen molar-refractivity contribution in [2.75, 3.05) is 5.32 Å². The molecule has 1 aliphatic carbocycles. The molecular weight excluding hydrogens is 288 g/mol. The molecule has 2 aromatic rings. The summed E-state index contributed by atoms with van der Waals surface area (Å²) in [6, 6.07) is 15.0. The second kappa shape index (κ2) is 6.53. The summed E-state index contributed by atoms with van der Waals surface area (Å²) in [5, 5.41) is 11.8. The molecule has 0 saturated carbocycles. The van der Waals surface area contributed by atoms with Gasteiger partial charge in [-0.2, -0.15) is 5.26 Å². The number of ether oxygens (including phenoxy) is 1. The Hall–Kier alpha value is -2.80. The van der Waals surface area contributed by atoms with Gasteiger partial charge in [0, 0.05) is 0 Å². The lowest BCUT2D eigenvalue weighted by molar-refractivity contribution is -0.122. The van der Waals surface area contributed by atoms with Gasteiger partial charge in [-0.05, 0) is 61.6 Å². The Morgan fingerprint density at radius 2 is 2.00 bits per heavy atom. The highest BCUT2D eigenvalue weighted by molar-refractivity contribution is 5.95. The maximum absolute atomic E-state index is 12.3. The number of nitrogens with one attached hydrogen (secondary N) is 1. The van der Waals surface area contributed by atoms with Crippen LogP contribution in [0.4, 0.5) is 5.69 Å². The van der Waals surface area contributed by atoms with Crippen molar-refractivity contribution in [1.29, 1.82) is 5.26 Å². The molecule has 116 valence electrons. The summed E-state index contributed by atoms with van der Waals surface area (Å²) in [7, 11) is 0. The number of anilines is 1. The molecule has 2 aromatic carbocycles. The first kappa shape index (κ1) is 15.1. The summed E-state index contributed by atoms with van der Waals surface area (Å²) in [5.41, 5.74) is 3.62. The van der Waals surface area contributed by atoms with E-state index in [0.29, 0.717) is 17.0 Å². The van der Waals surface area contributed by atoms with Crippen molar-refractivity contribution >= 4 is 11.6 Å². The third-order valence-corrected chi connectivity index (χ3v) is 4.06. The predicted molar refractivity (Wildman–Crippen MR) is 88.3 cm³/mol. The van der Waals surface area contributed by atoms with Gasteiger partial charge >= 0.3 is 0 Å². The lowest BCUT2D eigenvalue weighted by Crippen LogP contribution is -2.30. The van der Waals surface area contributed by atoms with Gasteiger partial charge in [0.1, 0.15) is 11.8 Å². The molecule has 0 saturated heterocycles. The van der Waals surface area contributed by atoms with Crippen molar-refractivity contribution in [3.63, 3.8) is 0 Å². The molecule has 0 aliphatic heterocycles. The molecule has 0 bridgehead atoms. The fraction of sp³-hybridized carbons (Fsp3) is 0.263. The number of hydrogen-bond donors (Lipinski definition) is 1. The number of carbonyl (C=O) groups is 1. The Bertz CT molecular complexity index is 777. The van der Waals surface area contributed by atoms with E-state index < -0.39 is 6.10 Å². The van der Waals surface area contributed by atoms with E-state index in [-0.39, 0.29) is 5.91 Å². The Kier molecular flexibility index (Phi) is 4.29. The zero-order chi connectivity index (χ0) is 16.2. The summed E-state index contributed by atoms with van der Waals surface area (Å²) in [6.45, 7) is 1.71. The topological polar surface area (TPSA) is 62.1 Å². The predicted octanol–water partition coefficient (Wildman–Crippen LogP) is 3.45. The average molecular weight is 306 g/mol. The second-order valence-corrected chi connectivity index (χ2v) is 5.69. The van der Waals surface area contributed by atoms with Crippen LogP contribution in [0, 0.1) is 11.3 Å². The van der Waals surface area contributed by atoms with Crippen molar-refractivity contribution in [1.82, 2.24) is 0 Å². The molecule has 1 atom stereocenters. The van der Waals surface area contributed by atoms with Crippen LogP contribution >= 0.6 is 0 Å². The highest BCUT2D eigenvalue weighted by Crippen LogP contribution is 2.26. The zero-order valence-corrected chi connectivity index (χ0v) is 13.0. The first-order valence-electron chi connectivity index (χ1n) is 7.76. The van der Waals surface area contributed by atoms with Gasteiger partial charge in [0.25, 0.3) is 5.91 Å². The average Bonchev–Trinajstić information content (AvgIpc) is 3.03. The second-order valence-electron chi connectivity index (χ2n) is 5.69. The number of rotatable bonds is 4. The molecule has 0 unspecified atom stereocenters. The number of aryl methyl sites for hydroxylation is 2. The summed E-state index contributed by atoms with van der Waals surface area (Å²) < 4.78 is 5.75. The smallest absolute Gasteiger partial charge is 0.265 e. The molecular formula is C19H18N2O2. The molecule has 4 heteroatoms. The van der Waals surface area contributed by atoms with Gasteiger partial charge in [-0.3, -0.25) is 4.79 Å². The number of nitriles is 1. The van der Waals surface area contributed by atoms with E-state index in [0.717, 1.165) is 12.8 Å². The first-order valence-corrected chi connectivity index (χ1v) is 7.76. The molecule has 0 fully saturated rings. The van der Waals surface area contributed by atoms with Crippen LogP contribution in [0.2, 0.25) is 0 Å². The van der Waals surface area contributed by atoms with Gasteiger partial charge in [-0.1, -0.05) is 18.2 Å². The number of fused-ring (bicyclic) bond motifs is 1. The number of amides is 1. The molecule has 0 heterocycles. The Morgan fingerprint density at radius 3 is 2.83 bits per heavy atom. The van der Waals surface area contributed by atoms with Crippen LogP contribution in [-0.2, 0) is 17.6 Å². The van der Waals surface area contributed by atoms with Gasteiger partial charge in [-0.25, -0.2) is 0 Å². The van der Waals surface area contributed by atoms with E-state index in [1.807, 2.05) is 12.1 Å².